The Morgan fingerprint density at radius 1 is 1.23 bits per heavy atom. The maximum Gasteiger partial charge on any atom is 0.404 e. The Bertz CT molecular complexity index is 1140. The second-order valence-electron chi connectivity index (χ2n) is 8.36. The Hall–Kier alpha value is -2.59. The van der Waals surface area contributed by atoms with Crippen LogP contribution in [0.3, 0.4) is 0 Å². The zero-order chi connectivity index (χ0) is 21.8. The molecule has 160 valence electrons. The lowest BCUT2D eigenvalue weighted by Gasteiger charge is -2.47. The molecular formula is C21H24FN3O4S. The van der Waals surface area contributed by atoms with Crippen molar-refractivity contribution < 1.29 is 23.4 Å². The second-order valence-corrected chi connectivity index (χ2v) is 10.2. The summed E-state index contributed by atoms with van der Waals surface area (Å²) in [5, 5.41) is 12.3. The van der Waals surface area contributed by atoms with E-state index in [4.69, 9.17) is 5.11 Å². The summed E-state index contributed by atoms with van der Waals surface area (Å²) >= 11 is 0. The van der Waals surface area contributed by atoms with E-state index >= 15 is 0 Å². The highest BCUT2D eigenvalue weighted by molar-refractivity contribution is 8.22. The standard InChI is InChI=1S/C21H24FN3O4S/c1-21(2,3)25-18(11-24-20(26)27)15-8-12(4-7-19(15)30(25,28)29)16-10-23-17-9-13(22)5-6-14(16)17/h4-10,18,23-24,28-29H,11H2,1-3H3,(H,26,27). The fraction of sp³-hybridized carbons (Fsp3) is 0.286. The number of benzene rings is 2. The normalized spacial score (nSPS) is 19.6. The lowest BCUT2D eigenvalue weighted by atomic mass is 9.97. The average molecular weight is 434 g/mol. The van der Waals surface area contributed by atoms with Gasteiger partial charge in [-0.3, -0.25) is 9.11 Å². The average Bonchev–Trinajstić information content (AvgIpc) is 3.15. The molecule has 0 fully saturated rings. The summed E-state index contributed by atoms with van der Waals surface area (Å²) < 4.78 is 37.2. The Morgan fingerprint density at radius 2 is 1.97 bits per heavy atom. The van der Waals surface area contributed by atoms with Crippen molar-refractivity contribution in [2.75, 3.05) is 6.54 Å². The molecular weight excluding hydrogens is 409 g/mol. The fourth-order valence-electron chi connectivity index (χ4n) is 4.20. The number of hydrogen-bond donors (Lipinski definition) is 5. The van der Waals surface area contributed by atoms with Crippen LogP contribution in [-0.4, -0.2) is 41.7 Å². The first kappa shape index (κ1) is 20.7. The predicted octanol–water partition coefficient (Wildman–Crippen LogP) is 5.42. The van der Waals surface area contributed by atoms with Crippen molar-refractivity contribution in [3.05, 3.63) is 54.0 Å². The molecule has 0 saturated carbocycles. The molecule has 1 aliphatic rings. The van der Waals surface area contributed by atoms with Crippen LogP contribution < -0.4 is 5.32 Å². The van der Waals surface area contributed by atoms with E-state index in [9.17, 15) is 18.3 Å². The molecule has 2 aromatic carbocycles. The van der Waals surface area contributed by atoms with Crippen LogP contribution >= 0.6 is 10.8 Å². The third-order valence-electron chi connectivity index (χ3n) is 5.28. The topological polar surface area (TPSA) is 109 Å². The fourth-order valence-corrected chi connectivity index (χ4v) is 6.48. The van der Waals surface area contributed by atoms with E-state index in [1.54, 1.807) is 28.7 Å². The van der Waals surface area contributed by atoms with Crippen molar-refractivity contribution in [3.63, 3.8) is 0 Å². The van der Waals surface area contributed by atoms with Gasteiger partial charge in [-0.1, -0.05) is 6.07 Å². The van der Waals surface area contributed by atoms with E-state index < -0.39 is 28.4 Å². The minimum absolute atomic E-state index is 0.0119. The zero-order valence-electron chi connectivity index (χ0n) is 16.8. The third-order valence-corrected chi connectivity index (χ3v) is 7.60. The van der Waals surface area contributed by atoms with Gasteiger partial charge in [0, 0.05) is 34.7 Å². The molecule has 5 N–H and O–H groups in total. The number of carbonyl (C=O) groups is 1. The first-order chi connectivity index (χ1) is 14.0. The maximum atomic E-state index is 13.5. The minimum Gasteiger partial charge on any atom is -0.465 e. The minimum atomic E-state index is -3.29. The number of amides is 1. The molecule has 1 aromatic heterocycles. The Kier molecular flexibility index (Phi) is 4.81. The number of aromatic amines is 1. The summed E-state index contributed by atoms with van der Waals surface area (Å²) in [6.45, 7) is 5.58. The maximum absolute atomic E-state index is 13.5. The summed E-state index contributed by atoms with van der Waals surface area (Å²) in [4.78, 5) is 14.6. The zero-order valence-corrected chi connectivity index (χ0v) is 17.6. The highest BCUT2D eigenvalue weighted by Crippen LogP contribution is 2.66. The molecule has 1 unspecified atom stereocenters. The third kappa shape index (κ3) is 3.33. The predicted molar refractivity (Wildman–Crippen MR) is 115 cm³/mol. The van der Waals surface area contributed by atoms with Crippen LogP contribution in [0.15, 0.2) is 47.5 Å². The Morgan fingerprint density at radius 3 is 2.63 bits per heavy atom. The van der Waals surface area contributed by atoms with Crippen LogP contribution in [0.1, 0.15) is 32.4 Å². The van der Waals surface area contributed by atoms with Gasteiger partial charge in [-0.25, -0.2) is 9.18 Å². The monoisotopic (exact) mass is 433 g/mol. The summed E-state index contributed by atoms with van der Waals surface area (Å²) in [5.74, 6) is -0.334. The molecule has 1 atom stereocenters. The summed E-state index contributed by atoms with van der Waals surface area (Å²) in [7, 11) is -3.29. The van der Waals surface area contributed by atoms with Crippen LogP contribution in [0, 0.1) is 5.82 Å². The molecule has 0 aliphatic carbocycles. The smallest absolute Gasteiger partial charge is 0.404 e. The number of nitrogens with one attached hydrogen (secondary N) is 2. The molecule has 4 rings (SSSR count). The quantitative estimate of drug-likeness (QED) is 0.379. The molecule has 1 amide bonds. The first-order valence-electron chi connectivity index (χ1n) is 9.45. The number of aromatic nitrogens is 1. The lowest BCUT2D eigenvalue weighted by Crippen LogP contribution is -2.45. The number of carboxylic acid groups (broad SMARTS) is 1. The van der Waals surface area contributed by atoms with Crippen molar-refractivity contribution in [1.82, 2.24) is 14.6 Å². The summed E-state index contributed by atoms with van der Waals surface area (Å²) in [6, 6.07) is 9.30. The van der Waals surface area contributed by atoms with Crippen LogP contribution in [0.5, 0.6) is 0 Å². The molecule has 0 spiro atoms. The molecule has 1 aliphatic heterocycles. The molecule has 30 heavy (non-hydrogen) atoms. The van der Waals surface area contributed by atoms with Crippen LogP contribution in [-0.2, 0) is 0 Å². The van der Waals surface area contributed by atoms with E-state index in [2.05, 4.69) is 10.3 Å². The van der Waals surface area contributed by atoms with E-state index in [1.807, 2.05) is 26.8 Å². The van der Waals surface area contributed by atoms with Gasteiger partial charge in [0.25, 0.3) is 0 Å². The number of halogens is 1. The lowest BCUT2D eigenvalue weighted by molar-refractivity contribution is 0.165. The largest absolute Gasteiger partial charge is 0.465 e. The van der Waals surface area contributed by atoms with Gasteiger partial charge in [0.05, 0.1) is 10.9 Å². The first-order valence-corrected chi connectivity index (χ1v) is 11.0. The number of nitrogens with zero attached hydrogens (tertiary/aromatic N) is 1. The van der Waals surface area contributed by atoms with Gasteiger partial charge in [-0.05, 0) is 62.2 Å². The van der Waals surface area contributed by atoms with Gasteiger partial charge in [0.2, 0.25) is 0 Å². The molecule has 2 heterocycles. The van der Waals surface area contributed by atoms with Gasteiger partial charge >= 0.3 is 6.09 Å². The molecule has 3 aromatic rings. The van der Waals surface area contributed by atoms with Gasteiger partial charge < -0.3 is 15.4 Å². The van der Waals surface area contributed by atoms with Crippen LogP contribution in [0.4, 0.5) is 9.18 Å². The van der Waals surface area contributed by atoms with E-state index in [0.717, 1.165) is 16.5 Å². The van der Waals surface area contributed by atoms with Gasteiger partial charge in [0.1, 0.15) is 5.82 Å². The van der Waals surface area contributed by atoms with Crippen LogP contribution in [0.2, 0.25) is 0 Å². The van der Waals surface area contributed by atoms with Crippen molar-refractivity contribution in [2.24, 2.45) is 0 Å². The van der Waals surface area contributed by atoms with Crippen molar-refractivity contribution in [3.8, 4) is 11.1 Å². The highest BCUT2D eigenvalue weighted by atomic mass is 32.3. The molecule has 0 radical (unpaired) electrons. The number of fused-ring (bicyclic) bond motifs is 2. The van der Waals surface area contributed by atoms with Gasteiger partial charge in [0.15, 0.2) is 0 Å². The molecule has 0 bridgehead atoms. The number of rotatable bonds is 3. The van der Waals surface area contributed by atoms with Crippen molar-refractivity contribution >= 4 is 27.8 Å². The molecule has 9 heteroatoms. The van der Waals surface area contributed by atoms with E-state index in [1.165, 1.54) is 12.1 Å². The van der Waals surface area contributed by atoms with Gasteiger partial charge in [-0.15, -0.1) is 10.8 Å². The summed E-state index contributed by atoms with van der Waals surface area (Å²) in [6.07, 6.45) is 0.605. The molecule has 0 saturated heterocycles. The summed E-state index contributed by atoms with van der Waals surface area (Å²) in [5.41, 5.74) is 2.37. The number of H-pyrrole nitrogens is 1. The Balaban J connectivity index is 1.85. The van der Waals surface area contributed by atoms with E-state index in [0.29, 0.717) is 16.0 Å². The van der Waals surface area contributed by atoms with Crippen molar-refractivity contribution in [2.45, 2.75) is 37.2 Å². The van der Waals surface area contributed by atoms with Gasteiger partial charge in [-0.2, -0.15) is 4.31 Å². The Labute approximate surface area is 175 Å². The van der Waals surface area contributed by atoms with Crippen molar-refractivity contribution in [1.29, 1.82) is 0 Å². The number of hydrogen-bond acceptors (Lipinski definition) is 4. The SMILES string of the molecule is CC(C)(C)N1C(CNC(=O)O)c2cc(-c3c[nH]c4cc(F)ccc34)ccc2S1(O)O. The highest BCUT2D eigenvalue weighted by Gasteiger charge is 2.48. The molecule has 7 nitrogen and oxygen atoms in total. The van der Waals surface area contributed by atoms with E-state index in [-0.39, 0.29) is 12.4 Å². The van der Waals surface area contributed by atoms with Crippen LogP contribution in [0.25, 0.3) is 22.0 Å². The second kappa shape index (κ2) is 6.98.